The topological polar surface area (TPSA) is 54.5 Å². The summed E-state index contributed by atoms with van der Waals surface area (Å²) in [5.41, 5.74) is 0. The summed E-state index contributed by atoms with van der Waals surface area (Å²) in [5.74, 6) is -0.216. The van der Waals surface area contributed by atoms with Crippen molar-refractivity contribution in [3.05, 3.63) is 29.3 Å². The largest absolute Gasteiger partial charge is 0.341 e. The Morgan fingerprint density at radius 1 is 1.04 bits per heavy atom. The number of rotatable bonds is 4. The second-order valence-corrected chi connectivity index (χ2v) is 10.1. The number of carbonyl (C=O) groups excluding carboxylic acids is 1. The highest BCUT2D eigenvalue weighted by molar-refractivity contribution is 7.93. The van der Waals surface area contributed by atoms with Gasteiger partial charge in [0, 0.05) is 18.1 Å². The highest BCUT2D eigenvalue weighted by atomic mass is 35.5. The molecular formula is C19H26ClNO3S. The van der Waals surface area contributed by atoms with E-state index in [0.29, 0.717) is 17.9 Å². The number of sulfone groups is 1. The van der Waals surface area contributed by atoms with Crippen LogP contribution in [0.4, 0.5) is 0 Å². The van der Waals surface area contributed by atoms with Crippen LogP contribution in [0.25, 0.3) is 0 Å². The Morgan fingerprint density at radius 3 is 2.16 bits per heavy atom. The maximum Gasteiger partial charge on any atom is 0.244 e. The Labute approximate surface area is 155 Å². The van der Waals surface area contributed by atoms with E-state index in [4.69, 9.17) is 11.6 Å². The van der Waals surface area contributed by atoms with Crippen LogP contribution < -0.4 is 0 Å². The van der Waals surface area contributed by atoms with Gasteiger partial charge in [-0.05, 0) is 49.9 Å². The van der Waals surface area contributed by atoms with Crippen LogP contribution in [0.3, 0.4) is 0 Å². The van der Waals surface area contributed by atoms with E-state index in [1.165, 1.54) is 18.6 Å². The van der Waals surface area contributed by atoms with Crippen LogP contribution in [0, 0.1) is 0 Å². The molecule has 0 saturated heterocycles. The summed E-state index contributed by atoms with van der Waals surface area (Å²) in [7, 11) is -1.96. The van der Waals surface area contributed by atoms with Gasteiger partial charge in [0.05, 0.1) is 4.90 Å². The lowest BCUT2D eigenvalue weighted by Gasteiger charge is -2.37. The van der Waals surface area contributed by atoms with E-state index in [-0.39, 0.29) is 16.8 Å². The minimum atomic E-state index is -3.75. The molecule has 3 rings (SSSR count). The first kappa shape index (κ1) is 18.7. The van der Waals surface area contributed by atoms with Crippen LogP contribution in [0.2, 0.25) is 5.02 Å². The molecule has 25 heavy (non-hydrogen) atoms. The molecule has 0 radical (unpaired) electrons. The van der Waals surface area contributed by atoms with Crippen LogP contribution in [-0.4, -0.2) is 37.1 Å². The predicted octanol–water partition coefficient (Wildman–Crippen LogP) is 4.22. The fourth-order valence-electron chi connectivity index (χ4n) is 4.34. The van der Waals surface area contributed by atoms with Crippen LogP contribution in [0.5, 0.6) is 0 Å². The average Bonchev–Trinajstić information content (AvgIpc) is 3.13. The molecule has 0 spiro atoms. The maximum absolute atomic E-state index is 13.4. The van der Waals surface area contributed by atoms with Gasteiger partial charge < -0.3 is 4.90 Å². The van der Waals surface area contributed by atoms with Crippen molar-refractivity contribution >= 4 is 27.3 Å². The Hall–Kier alpha value is -1.07. The van der Waals surface area contributed by atoms with Gasteiger partial charge in [0.1, 0.15) is 0 Å². The summed E-state index contributed by atoms with van der Waals surface area (Å²) in [6, 6.07) is 6.36. The van der Waals surface area contributed by atoms with Gasteiger partial charge in [-0.1, -0.05) is 43.7 Å². The highest BCUT2D eigenvalue weighted by Gasteiger charge is 2.54. The van der Waals surface area contributed by atoms with Crippen molar-refractivity contribution in [2.24, 2.45) is 0 Å². The normalized spacial score (nSPS) is 21.2. The van der Waals surface area contributed by atoms with Gasteiger partial charge in [0.15, 0.2) is 14.6 Å². The van der Waals surface area contributed by atoms with Gasteiger partial charge in [0.25, 0.3) is 0 Å². The van der Waals surface area contributed by atoms with Crippen molar-refractivity contribution in [1.82, 2.24) is 4.90 Å². The van der Waals surface area contributed by atoms with E-state index in [2.05, 4.69) is 0 Å². The molecular weight excluding hydrogens is 358 g/mol. The van der Waals surface area contributed by atoms with E-state index < -0.39 is 14.6 Å². The first-order valence-corrected chi connectivity index (χ1v) is 11.0. The molecule has 2 fully saturated rings. The summed E-state index contributed by atoms with van der Waals surface area (Å²) >= 11 is 5.90. The Balaban J connectivity index is 1.95. The van der Waals surface area contributed by atoms with E-state index in [9.17, 15) is 13.2 Å². The summed E-state index contributed by atoms with van der Waals surface area (Å²) < 4.78 is 25.5. The maximum atomic E-state index is 13.4. The van der Waals surface area contributed by atoms with E-state index in [1.807, 2.05) is 0 Å². The van der Waals surface area contributed by atoms with Crippen molar-refractivity contribution in [3.8, 4) is 0 Å². The highest BCUT2D eigenvalue weighted by Crippen LogP contribution is 2.42. The van der Waals surface area contributed by atoms with Crippen molar-refractivity contribution in [3.63, 3.8) is 0 Å². The van der Waals surface area contributed by atoms with Gasteiger partial charge in [-0.3, -0.25) is 4.79 Å². The molecule has 0 aromatic heterocycles. The van der Waals surface area contributed by atoms with Crippen molar-refractivity contribution in [2.45, 2.75) is 73.5 Å². The number of hydrogen-bond donors (Lipinski definition) is 0. The lowest BCUT2D eigenvalue weighted by molar-refractivity contribution is -0.135. The SMILES string of the molecule is CN(C(=O)C1(S(=O)(=O)c2ccc(Cl)cc2)CCCC1)C1CCCCC1. The zero-order valence-electron chi connectivity index (χ0n) is 14.7. The Bertz CT molecular complexity index is 718. The Morgan fingerprint density at radius 2 is 1.60 bits per heavy atom. The first-order valence-electron chi connectivity index (χ1n) is 9.16. The van der Waals surface area contributed by atoms with Crippen LogP contribution in [0.1, 0.15) is 57.8 Å². The summed E-state index contributed by atoms with van der Waals surface area (Å²) in [4.78, 5) is 15.3. The summed E-state index contributed by atoms with van der Waals surface area (Å²) in [6.45, 7) is 0. The Kier molecular flexibility index (Phi) is 5.45. The molecule has 1 aromatic rings. The van der Waals surface area contributed by atoms with Crippen molar-refractivity contribution in [2.75, 3.05) is 7.05 Å². The second kappa shape index (κ2) is 7.28. The summed E-state index contributed by atoms with van der Waals surface area (Å²) in [6.07, 6.45) is 7.74. The van der Waals surface area contributed by atoms with Crippen LogP contribution >= 0.6 is 11.6 Å². The van der Waals surface area contributed by atoms with E-state index in [0.717, 1.165) is 38.5 Å². The lowest BCUT2D eigenvalue weighted by Crippen LogP contribution is -2.54. The molecule has 0 unspecified atom stereocenters. The number of carbonyl (C=O) groups is 1. The number of amides is 1. The van der Waals surface area contributed by atoms with Gasteiger partial charge in [-0.25, -0.2) is 8.42 Å². The monoisotopic (exact) mass is 383 g/mol. The average molecular weight is 384 g/mol. The molecule has 0 heterocycles. The first-order chi connectivity index (χ1) is 11.9. The standard InChI is InChI=1S/C19H26ClNO3S/c1-21(16-7-3-2-4-8-16)18(22)19(13-5-6-14-19)25(23,24)17-11-9-15(20)10-12-17/h9-12,16H,2-8,13-14H2,1H3. The van der Waals surface area contributed by atoms with Gasteiger partial charge in [-0.15, -0.1) is 0 Å². The zero-order valence-corrected chi connectivity index (χ0v) is 16.3. The van der Waals surface area contributed by atoms with Gasteiger partial charge in [0.2, 0.25) is 5.91 Å². The molecule has 2 aliphatic rings. The molecule has 0 aliphatic heterocycles. The molecule has 1 amide bonds. The van der Waals surface area contributed by atoms with E-state index in [1.54, 1.807) is 24.1 Å². The zero-order chi connectivity index (χ0) is 18.1. The molecule has 0 N–H and O–H groups in total. The third-order valence-corrected chi connectivity index (χ3v) is 8.64. The van der Waals surface area contributed by atoms with Crippen LogP contribution in [-0.2, 0) is 14.6 Å². The van der Waals surface area contributed by atoms with Crippen molar-refractivity contribution in [1.29, 1.82) is 0 Å². The molecule has 6 heteroatoms. The minimum absolute atomic E-state index is 0.166. The predicted molar refractivity (Wildman–Crippen MR) is 99.5 cm³/mol. The van der Waals surface area contributed by atoms with Gasteiger partial charge in [-0.2, -0.15) is 0 Å². The lowest BCUT2D eigenvalue weighted by atomic mass is 9.93. The molecule has 2 aliphatic carbocycles. The molecule has 1 aromatic carbocycles. The number of halogens is 1. The number of benzene rings is 1. The third-order valence-electron chi connectivity index (χ3n) is 5.88. The smallest absolute Gasteiger partial charge is 0.244 e. The van der Waals surface area contributed by atoms with Crippen LogP contribution in [0.15, 0.2) is 29.2 Å². The summed E-state index contributed by atoms with van der Waals surface area (Å²) in [5, 5.41) is 0.491. The quantitative estimate of drug-likeness (QED) is 0.782. The van der Waals surface area contributed by atoms with E-state index >= 15 is 0 Å². The molecule has 0 bridgehead atoms. The number of nitrogens with zero attached hydrogens (tertiary/aromatic N) is 1. The molecule has 0 atom stereocenters. The third kappa shape index (κ3) is 3.33. The molecule has 4 nitrogen and oxygen atoms in total. The van der Waals surface area contributed by atoms with Gasteiger partial charge >= 0.3 is 0 Å². The minimum Gasteiger partial charge on any atom is -0.341 e. The fourth-order valence-corrected chi connectivity index (χ4v) is 6.61. The van der Waals surface area contributed by atoms with Crippen molar-refractivity contribution < 1.29 is 13.2 Å². The molecule has 138 valence electrons. The molecule has 2 saturated carbocycles. The number of hydrogen-bond acceptors (Lipinski definition) is 3. The fraction of sp³-hybridized carbons (Fsp3) is 0.632. The second-order valence-electron chi connectivity index (χ2n) is 7.37.